The molecule has 0 amide bonds. The monoisotopic (exact) mass is 249 g/mol. The molecule has 1 aliphatic rings. The van der Waals surface area contributed by atoms with E-state index in [0.29, 0.717) is 19.7 Å². The molecule has 1 aliphatic carbocycles. The van der Waals surface area contributed by atoms with E-state index in [-0.39, 0.29) is 5.92 Å². The fraction of sp³-hybridized carbons (Fsp3) is 1.00. The lowest BCUT2D eigenvalue weighted by Crippen LogP contribution is -2.49. The van der Waals surface area contributed by atoms with Crippen molar-refractivity contribution < 1.29 is 13.2 Å². The van der Waals surface area contributed by atoms with E-state index in [1.54, 1.807) is 7.11 Å². The predicted octanol–water partition coefficient (Wildman–Crippen LogP) is 0.826. The summed E-state index contributed by atoms with van der Waals surface area (Å²) in [5.74, 6) is 0.248. The fourth-order valence-electron chi connectivity index (χ4n) is 2.64. The van der Waals surface area contributed by atoms with Crippen LogP contribution < -0.4 is 5.32 Å². The molecule has 1 rings (SSSR count). The van der Waals surface area contributed by atoms with Crippen LogP contribution in [0.25, 0.3) is 0 Å². The molecule has 5 heteroatoms. The number of rotatable bonds is 6. The molecule has 0 saturated heterocycles. The van der Waals surface area contributed by atoms with E-state index in [2.05, 4.69) is 5.32 Å². The van der Waals surface area contributed by atoms with Crippen molar-refractivity contribution in [3.63, 3.8) is 0 Å². The molecule has 0 aliphatic heterocycles. The Labute approximate surface area is 98.7 Å². The molecule has 0 aromatic heterocycles. The smallest absolute Gasteiger partial charge is 0.154 e. The molecule has 0 aromatic carbocycles. The fourth-order valence-corrected chi connectivity index (χ4v) is 4.36. The van der Waals surface area contributed by atoms with Crippen LogP contribution in [0.15, 0.2) is 0 Å². The van der Waals surface area contributed by atoms with Crippen LogP contribution in [0, 0.1) is 5.92 Å². The second kappa shape index (κ2) is 5.47. The van der Waals surface area contributed by atoms with Gasteiger partial charge in [0, 0.05) is 26.5 Å². The third kappa shape index (κ3) is 2.76. The van der Waals surface area contributed by atoms with Crippen molar-refractivity contribution in [1.82, 2.24) is 5.32 Å². The average Bonchev–Trinajstić information content (AvgIpc) is 2.55. The topological polar surface area (TPSA) is 55.4 Å². The van der Waals surface area contributed by atoms with Gasteiger partial charge >= 0.3 is 0 Å². The molecule has 1 saturated carbocycles. The van der Waals surface area contributed by atoms with Crippen LogP contribution in [0.2, 0.25) is 0 Å². The molecule has 0 spiro atoms. The normalized spacial score (nSPS) is 30.8. The Hall–Kier alpha value is -0.130. The van der Waals surface area contributed by atoms with Crippen molar-refractivity contribution in [1.29, 1.82) is 0 Å². The van der Waals surface area contributed by atoms with Gasteiger partial charge in [-0.2, -0.15) is 0 Å². The SMILES string of the molecule is COCCNCC1(S(C)(=O)=O)CCCC1C. The summed E-state index contributed by atoms with van der Waals surface area (Å²) in [5.41, 5.74) is 0. The molecule has 1 N–H and O–H groups in total. The maximum Gasteiger partial charge on any atom is 0.154 e. The van der Waals surface area contributed by atoms with Gasteiger partial charge < -0.3 is 10.1 Å². The summed E-state index contributed by atoms with van der Waals surface area (Å²) in [6.45, 7) is 3.93. The van der Waals surface area contributed by atoms with Crippen LogP contribution in [0.1, 0.15) is 26.2 Å². The molecular weight excluding hydrogens is 226 g/mol. The zero-order valence-corrected chi connectivity index (χ0v) is 11.3. The molecule has 2 atom stereocenters. The van der Waals surface area contributed by atoms with Gasteiger partial charge in [-0.15, -0.1) is 0 Å². The standard InChI is InChI=1S/C11H23NO3S/c1-10-5-4-6-11(10,16(3,13)14)9-12-7-8-15-2/h10,12H,4-9H2,1-3H3. The minimum Gasteiger partial charge on any atom is -0.383 e. The van der Waals surface area contributed by atoms with Crippen LogP contribution in [-0.4, -0.2) is 46.2 Å². The van der Waals surface area contributed by atoms with Gasteiger partial charge in [0.05, 0.1) is 11.4 Å². The minimum absolute atomic E-state index is 0.248. The first-order valence-corrected chi connectivity index (χ1v) is 7.72. The first-order valence-electron chi connectivity index (χ1n) is 5.83. The van der Waals surface area contributed by atoms with Gasteiger partial charge in [-0.05, 0) is 18.8 Å². The second-order valence-corrected chi connectivity index (χ2v) is 7.16. The Morgan fingerprint density at radius 1 is 1.50 bits per heavy atom. The van der Waals surface area contributed by atoms with E-state index in [9.17, 15) is 8.42 Å². The number of sulfone groups is 1. The van der Waals surface area contributed by atoms with E-state index in [1.165, 1.54) is 6.26 Å². The van der Waals surface area contributed by atoms with Gasteiger partial charge in [0.1, 0.15) is 0 Å². The highest BCUT2D eigenvalue weighted by Crippen LogP contribution is 2.40. The lowest BCUT2D eigenvalue weighted by molar-refractivity contribution is 0.197. The summed E-state index contributed by atoms with van der Waals surface area (Å²) in [7, 11) is -1.36. The number of methoxy groups -OCH3 is 1. The van der Waals surface area contributed by atoms with Crippen LogP contribution in [0.4, 0.5) is 0 Å². The molecule has 4 nitrogen and oxygen atoms in total. The average molecular weight is 249 g/mol. The molecule has 2 unspecified atom stereocenters. The van der Waals surface area contributed by atoms with Gasteiger partial charge in [0.2, 0.25) is 0 Å². The highest BCUT2D eigenvalue weighted by Gasteiger charge is 2.48. The van der Waals surface area contributed by atoms with E-state index in [4.69, 9.17) is 4.74 Å². The van der Waals surface area contributed by atoms with Crippen molar-refractivity contribution >= 4 is 9.84 Å². The van der Waals surface area contributed by atoms with E-state index < -0.39 is 14.6 Å². The number of hydrogen-bond donors (Lipinski definition) is 1. The van der Waals surface area contributed by atoms with Crippen molar-refractivity contribution in [3.8, 4) is 0 Å². The van der Waals surface area contributed by atoms with Crippen LogP contribution >= 0.6 is 0 Å². The van der Waals surface area contributed by atoms with Crippen molar-refractivity contribution in [2.24, 2.45) is 5.92 Å². The summed E-state index contributed by atoms with van der Waals surface area (Å²) >= 11 is 0. The summed E-state index contributed by atoms with van der Waals surface area (Å²) in [5, 5.41) is 3.20. The highest BCUT2D eigenvalue weighted by atomic mass is 32.2. The minimum atomic E-state index is -3.00. The first kappa shape index (κ1) is 13.9. The van der Waals surface area contributed by atoms with Crippen LogP contribution in [0.3, 0.4) is 0 Å². The van der Waals surface area contributed by atoms with Gasteiger partial charge in [-0.3, -0.25) is 0 Å². The van der Waals surface area contributed by atoms with Crippen LogP contribution in [0.5, 0.6) is 0 Å². The third-order valence-electron chi connectivity index (χ3n) is 3.78. The Morgan fingerprint density at radius 3 is 2.62 bits per heavy atom. The molecule has 0 bridgehead atoms. The van der Waals surface area contributed by atoms with Gasteiger partial charge in [-0.1, -0.05) is 13.3 Å². The molecule has 0 radical (unpaired) electrons. The second-order valence-electron chi connectivity index (χ2n) is 4.80. The molecule has 1 fully saturated rings. The Morgan fingerprint density at radius 2 is 2.19 bits per heavy atom. The number of hydrogen-bond acceptors (Lipinski definition) is 4. The first-order chi connectivity index (χ1) is 7.44. The zero-order chi connectivity index (χ0) is 12.2. The molecule has 0 aromatic rings. The van der Waals surface area contributed by atoms with Crippen LogP contribution in [-0.2, 0) is 14.6 Å². The Kier molecular flexibility index (Phi) is 4.76. The Balaban J connectivity index is 2.66. The van der Waals surface area contributed by atoms with E-state index in [0.717, 1.165) is 19.3 Å². The van der Waals surface area contributed by atoms with Gasteiger partial charge in [0.15, 0.2) is 9.84 Å². The van der Waals surface area contributed by atoms with E-state index in [1.807, 2.05) is 6.92 Å². The lowest BCUT2D eigenvalue weighted by Gasteiger charge is -2.32. The molecule has 96 valence electrons. The van der Waals surface area contributed by atoms with Crippen molar-refractivity contribution in [2.75, 3.05) is 33.1 Å². The van der Waals surface area contributed by atoms with E-state index >= 15 is 0 Å². The predicted molar refractivity (Wildman–Crippen MR) is 65.3 cm³/mol. The molecular formula is C11H23NO3S. The highest BCUT2D eigenvalue weighted by molar-refractivity contribution is 7.92. The maximum atomic E-state index is 12.0. The largest absolute Gasteiger partial charge is 0.383 e. The van der Waals surface area contributed by atoms with Crippen molar-refractivity contribution in [3.05, 3.63) is 0 Å². The maximum absolute atomic E-state index is 12.0. The van der Waals surface area contributed by atoms with Gasteiger partial charge in [-0.25, -0.2) is 8.42 Å². The van der Waals surface area contributed by atoms with Gasteiger partial charge in [0.25, 0.3) is 0 Å². The summed E-state index contributed by atoms with van der Waals surface area (Å²) in [6.07, 6.45) is 4.18. The molecule has 0 heterocycles. The van der Waals surface area contributed by atoms with Crippen molar-refractivity contribution in [2.45, 2.75) is 30.9 Å². The Bertz CT molecular complexity index is 315. The number of nitrogens with one attached hydrogen (secondary N) is 1. The molecule has 16 heavy (non-hydrogen) atoms. The summed E-state index contributed by atoms with van der Waals surface area (Å²) in [4.78, 5) is 0. The quantitative estimate of drug-likeness (QED) is 0.708. The number of ether oxygens (including phenoxy) is 1. The third-order valence-corrected chi connectivity index (χ3v) is 6.01. The zero-order valence-electron chi connectivity index (χ0n) is 10.5. The summed E-state index contributed by atoms with van der Waals surface area (Å²) in [6, 6.07) is 0. The summed E-state index contributed by atoms with van der Waals surface area (Å²) < 4.78 is 28.3. The lowest BCUT2D eigenvalue weighted by atomic mass is 9.97.